The van der Waals surface area contributed by atoms with Gasteiger partial charge in [0.2, 0.25) is 0 Å². The van der Waals surface area contributed by atoms with Gasteiger partial charge < -0.3 is 10.1 Å². The van der Waals surface area contributed by atoms with Crippen LogP contribution in [0.25, 0.3) is 0 Å². The number of hydrogen-bond donors (Lipinski definition) is 1. The quantitative estimate of drug-likeness (QED) is 0.672. The molecule has 2 rings (SSSR count). The van der Waals surface area contributed by atoms with Crippen LogP contribution in [0, 0.1) is 17.0 Å². The normalized spacial score (nSPS) is 10.2. The summed E-state index contributed by atoms with van der Waals surface area (Å²) in [6, 6.07) is 4.60. The first-order valence-electron chi connectivity index (χ1n) is 5.57. The summed E-state index contributed by atoms with van der Waals surface area (Å²) in [5.41, 5.74) is 1.40. The van der Waals surface area contributed by atoms with Crippen LogP contribution in [-0.4, -0.2) is 17.0 Å². The van der Waals surface area contributed by atoms with E-state index in [9.17, 15) is 10.1 Å². The third kappa shape index (κ3) is 3.19. The maximum Gasteiger partial charge on any atom is 0.292 e. The molecule has 0 unspecified atom stereocenters. The van der Waals surface area contributed by atoms with Crippen molar-refractivity contribution in [2.24, 2.45) is 0 Å². The molecule has 0 radical (unpaired) electrons. The van der Waals surface area contributed by atoms with Gasteiger partial charge in [0.25, 0.3) is 5.69 Å². The number of nitrogens with one attached hydrogen (secondary N) is 1. The van der Waals surface area contributed by atoms with Crippen LogP contribution in [0.4, 0.5) is 11.4 Å². The van der Waals surface area contributed by atoms with E-state index in [2.05, 4.69) is 10.3 Å². The second-order valence-corrected chi connectivity index (χ2v) is 4.82. The number of nitrogens with zero attached hydrogens (tertiary/aromatic N) is 2. The summed E-state index contributed by atoms with van der Waals surface area (Å²) < 4.78 is 5.07. The number of thiazole rings is 1. The molecule has 6 nitrogen and oxygen atoms in total. The van der Waals surface area contributed by atoms with Gasteiger partial charge in [-0.15, -0.1) is 11.3 Å². The molecular formula is C12H13N3O3S. The standard InChI is InChI=1S/C12H13N3O3S/c1-8-7-19-12(14-8)6-13-10-5-9(18-2)3-4-11(10)15(16)17/h3-5,7,13H,6H2,1-2H3. The summed E-state index contributed by atoms with van der Waals surface area (Å²) in [6.45, 7) is 2.36. The topological polar surface area (TPSA) is 77.3 Å². The van der Waals surface area contributed by atoms with Gasteiger partial charge in [-0.1, -0.05) is 0 Å². The Bertz CT molecular complexity index is 598. The highest BCUT2D eigenvalue weighted by atomic mass is 32.1. The second-order valence-electron chi connectivity index (χ2n) is 3.88. The fraction of sp³-hybridized carbons (Fsp3) is 0.250. The molecule has 1 aromatic carbocycles. The Labute approximate surface area is 114 Å². The minimum atomic E-state index is -0.422. The zero-order valence-corrected chi connectivity index (χ0v) is 11.4. The van der Waals surface area contributed by atoms with E-state index >= 15 is 0 Å². The van der Waals surface area contributed by atoms with E-state index in [-0.39, 0.29) is 5.69 Å². The van der Waals surface area contributed by atoms with Crippen LogP contribution in [0.15, 0.2) is 23.6 Å². The highest BCUT2D eigenvalue weighted by Crippen LogP contribution is 2.29. The van der Waals surface area contributed by atoms with Crippen molar-refractivity contribution in [1.29, 1.82) is 0 Å². The van der Waals surface area contributed by atoms with Crippen LogP contribution >= 0.6 is 11.3 Å². The lowest BCUT2D eigenvalue weighted by Crippen LogP contribution is -2.03. The molecule has 0 saturated carbocycles. The molecule has 0 bridgehead atoms. The smallest absolute Gasteiger partial charge is 0.292 e. The molecule has 100 valence electrons. The van der Waals surface area contributed by atoms with E-state index in [4.69, 9.17) is 4.74 Å². The molecule has 0 saturated heterocycles. The zero-order valence-electron chi connectivity index (χ0n) is 10.5. The number of nitro benzene ring substituents is 1. The molecule has 1 aromatic heterocycles. The summed E-state index contributed by atoms with van der Waals surface area (Å²) in [5, 5.41) is 16.8. The monoisotopic (exact) mass is 279 g/mol. The van der Waals surface area contributed by atoms with Gasteiger partial charge in [-0.25, -0.2) is 4.98 Å². The van der Waals surface area contributed by atoms with Gasteiger partial charge in [0, 0.05) is 23.2 Å². The zero-order chi connectivity index (χ0) is 13.8. The summed E-state index contributed by atoms with van der Waals surface area (Å²) in [5.74, 6) is 0.573. The Morgan fingerprint density at radius 1 is 1.53 bits per heavy atom. The number of anilines is 1. The molecule has 2 aromatic rings. The fourth-order valence-electron chi connectivity index (χ4n) is 1.60. The Morgan fingerprint density at radius 3 is 2.89 bits per heavy atom. The highest BCUT2D eigenvalue weighted by molar-refractivity contribution is 7.09. The van der Waals surface area contributed by atoms with E-state index in [1.54, 1.807) is 12.1 Å². The van der Waals surface area contributed by atoms with E-state index in [1.807, 2.05) is 12.3 Å². The van der Waals surface area contributed by atoms with Gasteiger partial charge in [-0.3, -0.25) is 10.1 Å². The van der Waals surface area contributed by atoms with Crippen LogP contribution in [0.5, 0.6) is 5.75 Å². The third-order valence-corrected chi connectivity index (χ3v) is 3.46. The SMILES string of the molecule is COc1ccc([N+](=O)[O-])c(NCc2nc(C)cs2)c1. The molecule has 1 N–H and O–H groups in total. The molecule has 0 aliphatic carbocycles. The van der Waals surface area contributed by atoms with Crippen LogP contribution in [0.2, 0.25) is 0 Å². The van der Waals surface area contributed by atoms with Gasteiger partial charge >= 0.3 is 0 Å². The molecule has 1 heterocycles. The lowest BCUT2D eigenvalue weighted by atomic mass is 10.2. The van der Waals surface area contributed by atoms with Crippen LogP contribution in [0.3, 0.4) is 0 Å². The van der Waals surface area contributed by atoms with Gasteiger partial charge in [0.15, 0.2) is 0 Å². The first-order chi connectivity index (χ1) is 9.10. The molecule has 0 spiro atoms. The molecule has 0 aliphatic heterocycles. The van der Waals surface area contributed by atoms with Gasteiger partial charge in [0.05, 0.1) is 18.6 Å². The number of nitro groups is 1. The third-order valence-electron chi connectivity index (χ3n) is 2.50. The predicted octanol–water partition coefficient (Wildman–Crippen LogP) is 2.98. The highest BCUT2D eigenvalue weighted by Gasteiger charge is 2.14. The number of hydrogen-bond acceptors (Lipinski definition) is 6. The lowest BCUT2D eigenvalue weighted by Gasteiger charge is -2.07. The van der Waals surface area contributed by atoms with Crippen molar-refractivity contribution < 1.29 is 9.66 Å². The first-order valence-corrected chi connectivity index (χ1v) is 6.45. The minimum Gasteiger partial charge on any atom is -0.497 e. The van der Waals surface area contributed by atoms with Crippen molar-refractivity contribution in [2.45, 2.75) is 13.5 Å². The van der Waals surface area contributed by atoms with Crippen molar-refractivity contribution in [3.05, 3.63) is 44.4 Å². The predicted molar refractivity (Wildman–Crippen MR) is 73.8 cm³/mol. The van der Waals surface area contributed by atoms with Crippen LogP contribution in [-0.2, 0) is 6.54 Å². The second kappa shape index (κ2) is 5.66. The van der Waals surface area contributed by atoms with Crippen molar-refractivity contribution in [3.63, 3.8) is 0 Å². The van der Waals surface area contributed by atoms with E-state index in [0.29, 0.717) is 18.0 Å². The Kier molecular flexibility index (Phi) is 3.96. The molecule has 7 heteroatoms. The van der Waals surface area contributed by atoms with Gasteiger partial charge in [-0.2, -0.15) is 0 Å². The number of ether oxygens (including phenoxy) is 1. The van der Waals surface area contributed by atoms with Crippen molar-refractivity contribution in [2.75, 3.05) is 12.4 Å². The van der Waals surface area contributed by atoms with E-state index < -0.39 is 4.92 Å². The average Bonchev–Trinajstić information content (AvgIpc) is 2.81. The number of aromatic nitrogens is 1. The fourth-order valence-corrected chi connectivity index (χ4v) is 2.31. The Morgan fingerprint density at radius 2 is 2.32 bits per heavy atom. The minimum absolute atomic E-state index is 0.0223. The molecular weight excluding hydrogens is 266 g/mol. The van der Waals surface area contributed by atoms with Crippen molar-refractivity contribution in [1.82, 2.24) is 4.98 Å². The molecule has 19 heavy (non-hydrogen) atoms. The summed E-state index contributed by atoms with van der Waals surface area (Å²) in [6.07, 6.45) is 0. The summed E-state index contributed by atoms with van der Waals surface area (Å²) in [4.78, 5) is 14.8. The Balaban J connectivity index is 2.19. The number of rotatable bonds is 5. The number of methoxy groups -OCH3 is 1. The van der Waals surface area contributed by atoms with Crippen LogP contribution < -0.4 is 10.1 Å². The van der Waals surface area contributed by atoms with Gasteiger partial charge in [0.1, 0.15) is 16.4 Å². The van der Waals surface area contributed by atoms with E-state index in [1.165, 1.54) is 24.5 Å². The molecule has 0 amide bonds. The first kappa shape index (κ1) is 13.3. The lowest BCUT2D eigenvalue weighted by molar-refractivity contribution is -0.384. The maximum atomic E-state index is 10.9. The summed E-state index contributed by atoms with van der Waals surface area (Å²) >= 11 is 1.52. The van der Waals surface area contributed by atoms with Crippen LogP contribution in [0.1, 0.15) is 10.7 Å². The van der Waals surface area contributed by atoms with Crippen molar-refractivity contribution >= 4 is 22.7 Å². The molecule has 0 fully saturated rings. The van der Waals surface area contributed by atoms with E-state index in [0.717, 1.165) is 10.7 Å². The Hall–Kier alpha value is -2.15. The molecule has 0 atom stereocenters. The summed E-state index contributed by atoms with van der Waals surface area (Å²) in [7, 11) is 1.52. The number of benzene rings is 1. The van der Waals surface area contributed by atoms with Crippen molar-refractivity contribution in [3.8, 4) is 5.75 Å². The average molecular weight is 279 g/mol. The number of aryl methyl sites for hydroxylation is 1. The largest absolute Gasteiger partial charge is 0.497 e. The van der Waals surface area contributed by atoms with Gasteiger partial charge in [-0.05, 0) is 13.0 Å². The molecule has 0 aliphatic rings. The maximum absolute atomic E-state index is 10.9.